The van der Waals surface area contributed by atoms with Crippen LogP contribution in [0.3, 0.4) is 0 Å². The van der Waals surface area contributed by atoms with Gasteiger partial charge in [0.2, 0.25) is 11.8 Å². The van der Waals surface area contributed by atoms with Gasteiger partial charge in [-0.2, -0.15) is 9.97 Å². The van der Waals surface area contributed by atoms with Crippen molar-refractivity contribution < 1.29 is 22.6 Å². The maximum atomic E-state index is 13.9. The lowest BCUT2D eigenvalue weighted by Gasteiger charge is -2.25. The van der Waals surface area contributed by atoms with E-state index < -0.39 is 26.9 Å². The van der Waals surface area contributed by atoms with Crippen molar-refractivity contribution in [2.75, 3.05) is 14.2 Å². The number of pyridine rings is 1. The van der Waals surface area contributed by atoms with Crippen molar-refractivity contribution in [3.05, 3.63) is 60.3 Å². The van der Waals surface area contributed by atoms with Gasteiger partial charge < -0.3 is 14.2 Å². The minimum atomic E-state index is -3.93. The van der Waals surface area contributed by atoms with Crippen molar-refractivity contribution >= 4 is 9.84 Å². The molecule has 14 heteroatoms. The Kier molecular flexibility index (Phi) is 8.45. The molecule has 39 heavy (non-hydrogen) atoms. The second-order valence-electron chi connectivity index (χ2n) is 8.97. The lowest BCUT2D eigenvalue weighted by Crippen LogP contribution is -2.32. The van der Waals surface area contributed by atoms with Crippen LogP contribution in [0.25, 0.3) is 17.2 Å². The number of methoxy groups -OCH3 is 2. The molecular weight excluding hydrogens is 524 g/mol. The van der Waals surface area contributed by atoms with Gasteiger partial charge in [0.1, 0.15) is 23.9 Å². The van der Waals surface area contributed by atoms with Crippen LogP contribution in [0.4, 0.5) is 0 Å². The summed E-state index contributed by atoms with van der Waals surface area (Å²) in [4.78, 5) is 21.4. The van der Waals surface area contributed by atoms with Gasteiger partial charge >= 0.3 is 0 Å². The first-order valence-corrected chi connectivity index (χ1v) is 13.8. The van der Waals surface area contributed by atoms with E-state index in [1.165, 1.54) is 25.1 Å². The van der Waals surface area contributed by atoms with E-state index >= 15 is 0 Å². The highest BCUT2D eigenvalue weighted by Crippen LogP contribution is 2.34. The standard InChI is InChI=1S/C25H30N8O5S/c1-15(2)38-21(22-27-11-16(3)12-28-22)17(4)39(34,35)13-19-31-32-23(18-9-7-8-10-26-18)33(19)20-24(36-5)29-14-30-25(20)37-6/h7-12,14-15,17,21H,13H2,1-6H3/t17-,21+/m0/s1. The predicted molar refractivity (Wildman–Crippen MR) is 141 cm³/mol. The van der Waals surface area contributed by atoms with Gasteiger partial charge in [-0.3, -0.25) is 9.55 Å². The van der Waals surface area contributed by atoms with Crippen LogP contribution in [-0.4, -0.2) is 73.7 Å². The molecule has 13 nitrogen and oxygen atoms in total. The topological polar surface area (TPSA) is 157 Å². The maximum Gasteiger partial charge on any atom is 0.245 e. The van der Waals surface area contributed by atoms with Crippen LogP contribution < -0.4 is 9.47 Å². The fourth-order valence-electron chi connectivity index (χ4n) is 3.87. The van der Waals surface area contributed by atoms with Crippen LogP contribution in [0.2, 0.25) is 0 Å². The third-order valence-corrected chi connectivity index (χ3v) is 7.83. The average Bonchev–Trinajstić information content (AvgIpc) is 3.33. The molecule has 4 rings (SSSR count). The monoisotopic (exact) mass is 554 g/mol. The highest BCUT2D eigenvalue weighted by molar-refractivity contribution is 7.91. The Morgan fingerprint density at radius 1 is 0.923 bits per heavy atom. The van der Waals surface area contributed by atoms with E-state index in [4.69, 9.17) is 14.2 Å². The zero-order valence-electron chi connectivity index (χ0n) is 22.5. The first-order chi connectivity index (χ1) is 18.7. The number of rotatable bonds is 11. The predicted octanol–water partition coefficient (Wildman–Crippen LogP) is 2.70. The van der Waals surface area contributed by atoms with Crippen LogP contribution >= 0.6 is 0 Å². The van der Waals surface area contributed by atoms with E-state index in [-0.39, 0.29) is 41.0 Å². The lowest BCUT2D eigenvalue weighted by atomic mass is 10.2. The molecular formula is C25H30N8O5S. The largest absolute Gasteiger partial charge is 0.479 e. The van der Waals surface area contributed by atoms with E-state index in [9.17, 15) is 8.42 Å². The van der Waals surface area contributed by atoms with E-state index in [1.807, 2.05) is 20.8 Å². The Labute approximate surface area is 226 Å². The molecule has 0 aliphatic carbocycles. The van der Waals surface area contributed by atoms with Gasteiger partial charge in [0.05, 0.1) is 25.6 Å². The lowest BCUT2D eigenvalue weighted by molar-refractivity contribution is 0.00141. The summed E-state index contributed by atoms with van der Waals surface area (Å²) < 4.78 is 46.2. The molecule has 0 saturated heterocycles. The third kappa shape index (κ3) is 6.01. The number of hydrogen-bond acceptors (Lipinski definition) is 12. The van der Waals surface area contributed by atoms with Crippen LogP contribution in [0.1, 0.15) is 44.1 Å². The molecule has 0 fully saturated rings. The van der Waals surface area contributed by atoms with Crippen molar-refractivity contribution in [3.63, 3.8) is 0 Å². The van der Waals surface area contributed by atoms with E-state index in [2.05, 4.69) is 35.1 Å². The van der Waals surface area contributed by atoms with Gasteiger partial charge in [-0.1, -0.05) is 6.07 Å². The second-order valence-corrected chi connectivity index (χ2v) is 11.3. The zero-order valence-corrected chi connectivity index (χ0v) is 23.3. The molecule has 4 aromatic rings. The molecule has 0 saturated carbocycles. The number of aromatic nitrogens is 8. The summed E-state index contributed by atoms with van der Waals surface area (Å²) >= 11 is 0. The van der Waals surface area contributed by atoms with Crippen LogP contribution in [0, 0.1) is 6.92 Å². The first kappa shape index (κ1) is 28.0. The van der Waals surface area contributed by atoms with Gasteiger partial charge in [-0.05, 0) is 45.4 Å². The molecule has 0 unspecified atom stereocenters. The van der Waals surface area contributed by atoms with Crippen molar-refractivity contribution in [2.45, 2.75) is 50.9 Å². The van der Waals surface area contributed by atoms with Crippen LogP contribution in [0.15, 0.2) is 43.1 Å². The number of sulfone groups is 1. The SMILES string of the molecule is COc1ncnc(OC)c1-n1c(CS(=O)(=O)[C@@H](C)[C@@H](OC(C)C)c2ncc(C)cn2)nnc1-c1ccccn1. The minimum absolute atomic E-state index is 0.0852. The van der Waals surface area contributed by atoms with Crippen LogP contribution in [-0.2, 0) is 20.3 Å². The molecule has 206 valence electrons. The zero-order chi connectivity index (χ0) is 28.2. The van der Waals surface area contributed by atoms with Gasteiger partial charge in [-0.15, -0.1) is 10.2 Å². The number of ether oxygens (including phenoxy) is 3. The molecule has 0 spiro atoms. The van der Waals surface area contributed by atoms with Crippen LogP contribution in [0.5, 0.6) is 11.8 Å². The summed E-state index contributed by atoms with van der Waals surface area (Å²) in [5.41, 5.74) is 1.53. The third-order valence-electron chi connectivity index (χ3n) is 5.79. The summed E-state index contributed by atoms with van der Waals surface area (Å²) in [7, 11) is -1.06. The fourth-order valence-corrected chi connectivity index (χ4v) is 5.24. The normalized spacial score (nSPS) is 13.3. The number of hydrogen-bond donors (Lipinski definition) is 0. The maximum absolute atomic E-state index is 13.9. The molecule has 0 bridgehead atoms. The van der Waals surface area contributed by atoms with E-state index in [0.717, 1.165) is 5.56 Å². The van der Waals surface area contributed by atoms with Crippen molar-refractivity contribution in [3.8, 4) is 29.0 Å². The number of aryl methyl sites for hydroxylation is 1. The Balaban J connectivity index is 1.83. The molecule has 0 aromatic carbocycles. The quantitative estimate of drug-likeness (QED) is 0.267. The fraction of sp³-hybridized carbons (Fsp3) is 0.400. The molecule has 4 aromatic heterocycles. The smallest absolute Gasteiger partial charge is 0.245 e. The second kappa shape index (κ2) is 11.8. The molecule has 0 radical (unpaired) electrons. The van der Waals surface area contributed by atoms with Crippen molar-refractivity contribution in [1.82, 2.24) is 39.7 Å². The summed E-state index contributed by atoms with van der Waals surface area (Å²) in [6.07, 6.45) is 4.95. The highest BCUT2D eigenvalue weighted by Gasteiger charge is 2.36. The molecule has 0 aliphatic rings. The van der Waals surface area contributed by atoms with Gasteiger partial charge in [0.15, 0.2) is 33.0 Å². The first-order valence-electron chi connectivity index (χ1n) is 12.1. The number of nitrogens with zero attached hydrogens (tertiary/aromatic N) is 8. The minimum Gasteiger partial charge on any atom is -0.479 e. The summed E-state index contributed by atoms with van der Waals surface area (Å²) in [5.74, 6) is 0.401. The highest BCUT2D eigenvalue weighted by atomic mass is 32.2. The Morgan fingerprint density at radius 2 is 1.59 bits per heavy atom. The van der Waals surface area contributed by atoms with Gasteiger partial charge in [-0.25, -0.2) is 18.4 Å². The molecule has 0 amide bonds. The molecule has 0 aliphatic heterocycles. The Bertz CT molecular complexity index is 1490. The average molecular weight is 555 g/mol. The van der Waals surface area contributed by atoms with Crippen molar-refractivity contribution in [1.29, 1.82) is 0 Å². The summed E-state index contributed by atoms with van der Waals surface area (Å²) in [6.45, 7) is 7.07. The Hall–Kier alpha value is -4.04. The Morgan fingerprint density at radius 3 is 2.15 bits per heavy atom. The van der Waals surface area contributed by atoms with E-state index in [0.29, 0.717) is 5.69 Å². The summed E-state index contributed by atoms with van der Waals surface area (Å²) in [6, 6.07) is 5.27. The molecule has 0 N–H and O–H groups in total. The van der Waals surface area contributed by atoms with Gasteiger partial charge in [0, 0.05) is 18.6 Å². The van der Waals surface area contributed by atoms with Crippen molar-refractivity contribution in [2.24, 2.45) is 0 Å². The molecule has 2 atom stereocenters. The summed E-state index contributed by atoms with van der Waals surface area (Å²) in [5, 5.41) is 7.50. The van der Waals surface area contributed by atoms with Gasteiger partial charge in [0.25, 0.3) is 0 Å². The van der Waals surface area contributed by atoms with E-state index in [1.54, 1.807) is 43.7 Å². The molecule has 4 heterocycles.